The lowest BCUT2D eigenvalue weighted by Gasteiger charge is -2.31. The molecule has 4 aromatic rings. The van der Waals surface area contributed by atoms with Crippen molar-refractivity contribution in [3.8, 4) is 5.75 Å². The van der Waals surface area contributed by atoms with Gasteiger partial charge in [0.1, 0.15) is 5.75 Å². The first-order valence-corrected chi connectivity index (χ1v) is 15.1. The zero-order valence-electron chi connectivity index (χ0n) is 24.1. The molecule has 1 heterocycles. The van der Waals surface area contributed by atoms with Gasteiger partial charge in [0.2, 0.25) is 5.90 Å². The van der Waals surface area contributed by atoms with E-state index in [1.165, 1.54) is 18.2 Å². The first kappa shape index (κ1) is 32.2. The van der Waals surface area contributed by atoms with Gasteiger partial charge in [0, 0.05) is 41.6 Å². The number of alkyl halides is 3. The number of amides is 1. The molecule has 0 radical (unpaired) electrons. The molecular formula is C34H31BrF3N3O4. The molecule has 7 nitrogen and oxygen atoms in total. The van der Waals surface area contributed by atoms with E-state index in [1.54, 1.807) is 24.3 Å². The van der Waals surface area contributed by atoms with E-state index in [9.17, 15) is 18.0 Å². The average molecular weight is 683 g/mol. The van der Waals surface area contributed by atoms with Crippen LogP contribution in [0, 0.1) is 0 Å². The Kier molecular flexibility index (Phi) is 10.2. The summed E-state index contributed by atoms with van der Waals surface area (Å²) in [5.74, 6) is 0.256. The summed E-state index contributed by atoms with van der Waals surface area (Å²) in [7, 11) is 0. The number of halogens is 4. The maximum absolute atomic E-state index is 14.3. The molecule has 0 spiro atoms. The van der Waals surface area contributed by atoms with E-state index in [2.05, 4.69) is 26.8 Å². The minimum atomic E-state index is -4.54. The summed E-state index contributed by atoms with van der Waals surface area (Å²) >= 11 is 3.60. The van der Waals surface area contributed by atoms with E-state index in [4.69, 9.17) is 19.6 Å². The Morgan fingerprint density at radius 3 is 2.36 bits per heavy atom. The van der Waals surface area contributed by atoms with Crippen LogP contribution in [0.4, 0.5) is 13.2 Å². The molecule has 0 bridgehead atoms. The highest BCUT2D eigenvalue weighted by Crippen LogP contribution is 2.44. The van der Waals surface area contributed by atoms with Crippen LogP contribution >= 0.6 is 15.9 Å². The first-order chi connectivity index (χ1) is 21.7. The topological polar surface area (TPSA) is 92.2 Å². The number of hydrazine groups is 1. The molecule has 0 fully saturated rings. The van der Waals surface area contributed by atoms with Gasteiger partial charge >= 0.3 is 6.18 Å². The Morgan fingerprint density at radius 2 is 1.64 bits per heavy atom. The summed E-state index contributed by atoms with van der Waals surface area (Å²) in [6.07, 6.45) is -4.80. The van der Waals surface area contributed by atoms with E-state index in [0.717, 1.165) is 11.6 Å². The fourth-order valence-electron chi connectivity index (χ4n) is 5.13. The van der Waals surface area contributed by atoms with Crippen molar-refractivity contribution in [1.82, 2.24) is 10.9 Å². The molecule has 11 heteroatoms. The van der Waals surface area contributed by atoms with E-state index in [0.29, 0.717) is 34.4 Å². The highest BCUT2D eigenvalue weighted by atomic mass is 79.9. The Morgan fingerprint density at radius 1 is 0.956 bits per heavy atom. The fourth-order valence-corrected chi connectivity index (χ4v) is 5.63. The third-order valence-corrected chi connectivity index (χ3v) is 8.06. The van der Waals surface area contributed by atoms with Crippen LogP contribution in [0.5, 0.6) is 5.75 Å². The molecule has 4 aromatic carbocycles. The van der Waals surface area contributed by atoms with Gasteiger partial charge in [-0.3, -0.25) is 10.2 Å². The van der Waals surface area contributed by atoms with Gasteiger partial charge in [0.05, 0.1) is 12.2 Å². The highest BCUT2D eigenvalue weighted by Gasteiger charge is 2.54. The second-order valence-corrected chi connectivity index (χ2v) is 11.3. The lowest BCUT2D eigenvalue weighted by Crippen LogP contribution is -2.53. The minimum absolute atomic E-state index is 0.0158. The summed E-state index contributed by atoms with van der Waals surface area (Å²) in [5.41, 5.74) is 5.09. The van der Waals surface area contributed by atoms with Crippen LogP contribution in [0.1, 0.15) is 40.3 Å². The second kappa shape index (κ2) is 14.3. The number of ether oxygens (including phenoxy) is 2. The normalized spacial score (nSPS) is 17.8. The van der Waals surface area contributed by atoms with Crippen LogP contribution in [-0.4, -0.2) is 35.7 Å². The van der Waals surface area contributed by atoms with Gasteiger partial charge in [0.15, 0.2) is 11.6 Å². The Balaban J connectivity index is 1.51. The third-order valence-electron chi connectivity index (χ3n) is 7.34. The maximum atomic E-state index is 14.3. The molecule has 0 aliphatic carbocycles. The van der Waals surface area contributed by atoms with Gasteiger partial charge < -0.3 is 14.6 Å². The van der Waals surface area contributed by atoms with Crippen molar-refractivity contribution in [2.75, 3.05) is 13.2 Å². The average Bonchev–Trinajstić information content (AvgIpc) is 3.42. The van der Waals surface area contributed by atoms with Crippen LogP contribution in [0.25, 0.3) is 0 Å². The number of carbonyl (C=O) groups excluding carboxylic acids is 1. The first-order valence-electron chi connectivity index (χ1n) is 14.3. The summed E-state index contributed by atoms with van der Waals surface area (Å²) in [6, 6.07) is 28.9. The van der Waals surface area contributed by atoms with Crippen LogP contribution in [-0.2, 0) is 28.7 Å². The van der Waals surface area contributed by atoms with Gasteiger partial charge in [-0.05, 0) is 47.5 Å². The third kappa shape index (κ3) is 7.55. The lowest BCUT2D eigenvalue weighted by molar-refractivity contribution is -0.138. The number of aliphatic hydroxyl groups excluding tert-OH is 1. The number of benzene rings is 4. The monoisotopic (exact) mass is 681 g/mol. The molecule has 0 aromatic heterocycles. The van der Waals surface area contributed by atoms with Crippen molar-refractivity contribution in [2.45, 2.75) is 37.2 Å². The number of hydrogen-bond acceptors (Lipinski definition) is 6. The van der Waals surface area contributed by atoms with Gasteiger partial charge in [-0.15, -0.1) is 0 Å². The molecule has 45 heavy (non-hydrogen) atoms. The molecule has 2 atom stereocenters. The van der Waals surface area contributed by atoms with Gasteiger partial charge in [-0.1, -0.05) is 82.7 Å². The minimum Gasteiger partial charge on any atom is -0.494 e. The number of carbonyl (C=O) groups is 1. The number of rotatable bonds is 12. The van der Waals surface area contributed by atoms with Crippen molar-refractivity contribution in [1.29, 1.82) is 0 Å². The van der Waals surface area contributed by atoms with Gasteiger partial charge in [-0.2, -0.15) is 13.2 Å². The van der Waals surface area contributed by atoms with Crippen molar-refractivity contribution in [2.24, 2.45) is 4.99 Å². The molecule has 3 N–H and O–H groups in total. The summed E-state index contributed by atoms with van der Waals surface area (Å²) < 4.78 is 53.6. The largest absolute Gasteiger partial charge is 0.494 e. The smallest absolute Gasteiger partial charge is 0.416 e. The van der Waals surface area contributed by atoms with Gasteiger partial charge in [-0.25, -0.2) is 10.4 Å². The van der Waals surface area contributed by atoms with Crippen LogP contribution in [0.2, 0.25) is 0 Å². The van der Waals surface area contributed by atoms with Crippen molar-refractivity contribution >= 4 is 27.7 Å². The number of nitrogens with one attached hydrogen (secondary N) is 2. The van der Waals surface area contributed by atoms with Crippen LogP contribution < -0.4 is 15.6 Å². The molecule has 0 unspecified atom stereocenters. The molecule has 1 aliphatic heterocycles. The Labute approximate surface area is 267 Å². The second-order valence-electron chi connectivity index (χ2n) is 10.4. The number of nitrogens with zero attached hydrogens (tertiary/aromatic N) is 1. The van der Waals surface area contributed by atoms with Crippen LogP contribution in [0.15, 0.2) is 113 Å². The van der Waals surface area contributed by atoms with Crippen LogP contribution in [0.3, 0.4) is 0 Å². The van der Waals surface area contributed by atoms with Crippen molar-refractivity contribution < 1.29 is 32.5 Å². The number of hydrogen-bond donors (Lipinski definition) is 3. The molecule has 1 aliphatic rings. The van der Waals surface area contributed by atoms with E-state index >= 15 is 0 Å². The zero-order chi connectivity index (χ0) is 31.9. The Bertz CT molecular complexity index is 1630. The van der Waals surface area contributed by atoms with E-state index in [-0.39, 0.29) is 31.0 Å². The molecule has 0 saturated heterocycles. The zero-order valence-corrected chi connectivity index (χ0v) is 25.6. The molecular weight excluding hydrogens is 651 g/mol. The number of aliphatic imine (C=N–C) groups is 1. The quantitative estimate of drug-likeness (QED) is 0.117. The summed E-state index contributed by atoms with van der Waals surface area (Å²) in [4.78, 5) is 19.2. The molecule has 0 saturated carbocycles. The lowest BCUT2D eigenvalue weighted by atomic mass is 9.82. The standard InChI is InChI=1S/C34H31BrF3N3O4/c35-29-14-7-5-12-27(29)30-33(21-23-9-2-1-3-10-23,32(43)41-39-22-25-11-4-6-13-28(25)34(36,37)38)40-31(45-30)24-15-17-26(18-16-24)44-20-8-19-42/h1-7,9-18,30,39,42H,8,19-22H2,(H,41,43)/t30-,33-/m0/s1. The van der Waals surface area contributed by atoms with E-state index in [1.807, 2.05) is 54.6 Å². The molecule has 5 rings (SSSR count). The maximum Gasteiger partial charge on any atom is 0.416 e. The predicted molar refractivity (Wildman–Crippen MR) is 167 cm³/mol. The Hall–Kier alpha value is -4.19. The summed E-state index contributed by atoms with van der Waals surface area (Å²) in [6.45, 7) is 0.115. The van der Waals surface area contributed by atoms with Gasteiger partial charge in [0.25, 0.3) is 5.91 Å². The molecule has 234 valence electrons. The van der Waals surface area contributed by atoms with Crippen molar-refractivity contribution in [3.05, 3.63) is 135 Å². The predicted octanol–water partition coefficient (Wildman–Crippen LogP) is 6.55. The van der Waals surface area contributed by atoms with Crippen molar-refractivity contribution in [3.63, 3.8) is 0 Å². The summed E-state index contributed by atoms with van der Waals surface area (Å²) in [5, 5.41) is 9.03. The number of aliphatic hydroxyl groups is 1. The molecule has 1 amide bonds. The van der Waals surface area contributed by atoms with E-state index < -0.39 is 29.3 Å². The fraction of sp³-hybridized carbons (Fsp3) is 0.235. The SMILES string of the molecule is O=C(NNCc1ccccc1C(F)(F)F)[C@@]1(Cc2ccccc2)N=C(c2ccc(OCCCO)cc2)O[C@H]1c1ccccc1Br. The highest BCUT2D eigenvalue weighted by molar-refractivity contribution is 9.10.